The van der Waals surface area contributed by atoms with Gasteiger partial charge in [-0.15, -0.1) is 0 Å². The van der Waals surface area contributed by atoms with Gasteiger partial charge in [0, 0.05) is 5.92 Å². The summed E-state index contributed by atoms with van der Waals surface area (Å²) in [4.78, 5) is 0. The van der Waals surface area contributed by atoms with E-state index in [2.05, 4.69) is 20.8 Å². The zero-order chi connectivity index (χ0) is 8.77. The molecule has 2 heterocycles. The Morgan fingerprint density at radius 2 is 2.00 bits per heavy atom. The van der Waals surface area contributed by atoms with Crippen LogP contribution in [0.25, 0.3) is 0 Å². The Kier molecular flexibility index (Phi) is 1.92. The van der Waals surface area contributed by atoms with Crippen molar-refractivity contribution in [3.05, 3.63) is 0 Å². The van der Waals surface area contributed by atoms with E-state index in [1.807, 2.05) is 0 Å². The minimum atomic E-state index is 0.120. The molecule has 2 aliphatic rings. The van der Waals surface area contributed by atoms with Crippen molar-refractivity contribution in [2.75, 3.05) is 6.61 Å². The van der Waals surface area contributed by atoms with Gasteiger partial charge in [0.2, 0.25) is 0 Å². The summed E-state index contributed by atoms with van der Waals surface area (Å²) in [5.74, 6) is 0.675. The van der Waals surface area contributed by atoms with Crippen molar-refractivity contribution in [2.24, 2.45) is 11.3 Å². The highest BCUT2D eigenvalue weighted by atomic mass is 16.7. The summed E-state index contributed by atoms with van der Waals surface area (Å²) in [5.41, 5.74) is 0.272. The van der Waals surface area contributed by atoms with Gasteiger partial charge in [0.1, 0.15) is 0 Å². The Labute approximate surface area is 74.2 Å². The van der Waals surface area contributed by atoms with Gasteiger partial charge in [-0.25, -0.2) is 0 Å². The minimum Gasteiger partial charge on any atom is -0.352 e. The van der Waals surface area contributed by atoms with Gasteiger partial charge < -0.3 is 9.47 Å². The van der Waals surface area contributed by atoms with Crippen molar-refractivity contribution in [3.63, 3.8) is 0 Å². The van der Waals surface area contributed by atoms with Crippen LogP contribution in [0.1, 0.15) is 33.6 Å². The van der Waals surface area contributed by atoms with Gasteiger partial charge in [-0.1, -0.05) is 20.8 Å². The highest BCUT2D eigenvalue weighted by Gasteiger charge is 2.43. The Morgan fingerprint density at radius 1 is 1.25 bits per heavy atom. The van der Waals surface area contributed by atoms with Crippen LogP contribution >= 0.6 is 0 Å². The highest BCUT2D eigenvalue weighted by molar-refractivity contribution is 4.87. The second kappa shape index (κ2) is 2.71. The van der Waals surface area contributed by atoms with Gasteiger partial charge in [-0.05, 0) is 18.3 Å². The maximum absolute atomic E-state index is 5.83. The predicted octanol–water partition coefficient (Wildman–Crippen LogP) is 2.18. The van der Waals surface area contributed by atoms with E-state index in [0.717, 1.165) is 6.61 Å². The Morgan fingerprint density at radius 3 is 2.58 bits per heavy atom. The SMILES string of the molecule is CC(C)(C)[C@@H]1C[C@@H]2CCO[C@H]2O1. The molecule has 0 N–H and O–H groups in total. The van der Waals surface area contributed by atoms with Gasteiger partial charge in [-0.3, -0.25) is 0 Å². The molecule has 0 aromatic carbocycles. The van der Waals surface area contributed by atoms with Crippen molar-refractivity contribution in [3.8, 4) is 0 Å². The lowest BCUT2D eigenvalue weighted by molar-refractivity contribution is -0.138. The Balaban J connectivity index is 1.99. The largest absolute Gasteiger partial charge is 0.352 e. The first-order chi connectivity index (χ1) is 5.57. The molecule has 12 heavy (non-hydrogen) atoms. The summed E-state index contributed by atoms with van der Waals surface area (Å²) < 4.78 is 11.3. The lowest BCUT2D eigenvalue weighted by Crippen LogP contribution is -2.27. The molecule has 3 atom stereocenters. The van der Waals surface area contributed by atoms with Crippen LogP contribution in [-0.2, 0) is 9.47 Å². The van der Waals surface area contributed by atoms with Crippen LogP contribution < -0.4 is 0 Å². The lowest BCUT2D eigenvalue weighted by Gasteiger charge is -2.26. The van der Waals surface area contributed by atoms with Crippen molar-refractivity contribution in [2.45, 2.75) is 46.0 Å². The summed E-state index contributed by atoms with van der Waals surface area (Å²) in [6, 6.07) is 0. The molecule has 0 bridgehead atoms. The second-order valence-corrected chi connectivity index (χ2v) is 5.01. The van der Waals surface area contributed by atoms with Crippen LogP contribution in [0.3, 0.4) is 0 Å². The molecule has 0 aromatic rings. The summed E-state index contributed by atoms with van der Waals surface area (Å²) in [7, 11) is 0. The molecular weight excluding hydrogens is 152 g/mol. The standard InChI is InChI=1S/C10H18O2/c1-10(2,3)8-6-7-4-5-11-9(7)12-8/h7-9H,4-6H2,1-3H3/t7-,8-,9-/m0/s1. The minimum absolute atomic E-state index is 0.120. The third-order valence-corrected chi connectivity index (χ3v) is 2.94. The van der Waals surface area contributed by atoms with Crippen LogP contribution in [-0.4, -0.2) is 19.0 Å². The fourth-order valence-electron chi connectivity index (χ4n) is 2.04. The number of hydrogen-bond acceptors (Lipinski definition) is 2. The van der Waals surface area contributed by atoms with Gasteiger partial charge >= 0.3 is 0 Å². The number of ether oxygens (including phenoxy) is 2. The molecule has 2 aliphatic heterocycles. The molecule has 0 saturated carbocycles. The molecule has 0 amide bonds. The quantitative estimate of drug-likeness (QED) is 0.555. The van der Waals surface area contributed by atoms with Crippen molar-refractivity contribution in [1.29, 1.82) is 0 Å². The molecule has 0 unspecified atom stereocenters. The van der Waals surface area contributed by atoms with Crippen molar-refractivity contribution >= 4 is 0 Å². The third-order valence-electron chi connectivity index (χ3n) is 2.94. The number of hydrogen-bond donors (Lipinski definition) is 0. The number of rotatable bonds is 0. The summed E-state index contributed by atoms with van der Waals surface area (Å²) in [6.45, 7) is 7.60. The smallest absolute Gasteiger partial charge is 0.160 e. The maximum atomic E-state index is 5.83. The van der Waals surface area contributed by atoms with E-state index in [1.165, 1.54) is 12.8 Å². The molecule has 2 saturated heterocycles. The summed E-state index contributed by atoms with van der Waals surface area (Å²) >= 11 is 0. The van der Waals surface area contributed by atoms with Gasteiger partial charge in [-0.2, -0.15) is 0 Å². The summed E-state index contributed by atoms with van der Waals surface area (Å²) in [6.07, 6.45) is 2.90. The fourth-order valence-corrected chi connectivity index (χ4v) is 2.04. The fraction of sp³-hybridized carbons (Fsp3) is 1.00. The first kappa shape index (κ1) is 8.52. The Hall–Kier alpha value is -0.0800. The molecule has 0 radical (unpaired) electrons. The van der Waals surface area contributed by atoms with E-state index in [1.54, 1.807) is 0 Å². The van der Waals surface area contributed by atoms with E-state index in [-0.39, 0.29) is 11.7 Å². The average Bonchev–Trinajstić information content (AvgIpc) is 2.37. The van der Waals surface area contributed by atoms with Crippen LogP contribution in [0.5, 0.6) is 0 Å². The zero-order valence-electron chi connectivity index (χ0n) is 8.17. The predicted molar refractivity (Wildman–Crippen MR) is 46.8 cm³/mol. The summed E-state index contributed by atoms with van der Waals surface area (Å²) in [5, 5.41) is 0. The highest BCUT2D eigenvalue weighted by Crippen LogP contribution is 2.41. The average molecular weight is 170 g/mol. The second-order valence-electron chi connectivity index (χ2n) is 5.01. The van der Waals surface area contributed by atoms with Crippen molar-refractivity contribution < 1.29 is 9.47 Å². The maximum Gasteiger partial charge on any atom is 0.160 e. The molecular formula is C10H18O2. The molecule has 2 heteroatoms. The number of fused-ring (bicyclic) bond motifs is 1. The molecule has 0 aromatic heterocycles. The normalized spacial score (nSPS) is 41.8. The van der Waals surface area contributed by atoms with E-state index in [9.17, 15) is 0 Å². The van der Waals surface area contributed by atoms with Gasteiger partial charge in [0.25, 0.3) is 0 Å². The van der Waals surface area contributed by atoms with Crippen LogP contribution in [0.2, 0.25) is 0 Å². The van der Waals surface area contributed by atoms with E-state index < -0.39 is 0 Å². The van der Waals surface area contributed by atoms with Crippen LogP contribution in [0.15, 0.2) is 0 Å². The van der Waals surface area contributed by atoms with Gasteiger partial charge in [0.05, 0.1) is 12.7 Å². The Bertz CT molecular complexity index is 159. The molecule has 2 rings (SSSR count). The molecule has 70 valence electrons. The molecule has 0 aliphatic carbocycles. The van der Waals surface area contributed by atoms with Crippen LogP contribution in [0, 0.1) is 11.3 Å². The topological polar surface area (TPSA) is 18.5 Å². The van der Waals surface area contributed by atoms with E-state index in [4.69, 9.17) is 9.47 Å². The molecule has 2 nitrogen and oxygen atoms in total. The van der Waals surface area contributed by atoms with Crippen molar-refractivity contribution in [1.82, 2.24) is 0 Å². The van der Waals surface area contributed by atoms with E-state index in [0.29, 0.717) is 12.0 Å². The monoisotopic (exact) mass is 170 g/mol. The first-order valence-corrected chi connectivity index (χ1v) is 4.84. The van der Waals surface area contributed by atoms with E-state index >= 15 is 0 Å². The third kappa shape index (κ3) is 1.38. The van der Waals surface area contributed by atoms with Gasteiger partial charge in [0.15, 0.2) is 6.29 Å². The van der Waals surface area contributed by atoms with Crippen LogP contribution in [0.4, 0.5) is 0 Å². The zero-order valence-corrected chi connectivity index (χ0v) is 8.17. The lowest BCUT2D eigenvalue weighted by atomic mass is 9.85. The molecule has 0 spiro atoms. The molecule has 2 fully saturated rings. The first-order valence-electron chi connectivity index (χ1n) is 4.84.